The van der Waals surface area contributed by atoms with Crippen LogP contribution in [0.4, 0.5) is 0 Å². The van der Waals surface area contributed by atoms with Crippen molar-refractivity contribution in [3.05, 3.63) is 71.3 Å². The SMILES string of the molecule is COc1cc(B2OB(c3ccc(C(=O)O)c(OC)c3)OB(c3ccc(C(=O)O)c(OC)c3)O2)ccc1C(=O)O. The van der Waals surface area contributed by atoms with Crippen molar-refractivity contribution in [2.45, 2.75) is 0 Å². The third-order valence-corrected chi connectivity index (χ3v) is 5.93. The molecular weight excluding hydrogens is 513 g/mol. The fourth-order valence-electron chi connectivity index (χ4n) is 4.00. The predicted molar refractivity (Wildman–Crippen MR) is 139 cm³/mol. The van der Waals surface area contributed by atoms with Gasteiger partial charge in [-0.2, -0.15) is 0 Å². The number of carbonyl (C=O) groups is 3. The number of carboxylic acids is 3. The third-order valence-electron chi connectivity index (χ3n) is 5.93. The number of hydrogen-bond donors (Lipinski definition) is 3. The second-order valence-corrected chi connectivity index (χ2v) is 8.20. The third kappa shape index (κ3) is 5.70. The lowest BCUT2D eigenvalue weighted by Gasteiger charge is -2.32. The molecule has 0 bridgehead atoms. The van der Waals surface area contributed by atoms with Crippen molar-refractivity contribution in [3.63, 3.8) is 0 Å². The summed E-state index contributed by atoms with van der Waals surface area (Å²) in [5, 5.41) is 28.3. The fraction of sp³-hybridized carbons (Fsp3) is 0.125. The van der Waals surface area contributed by atoms with Crippen molar-refractivity contribution in [1.82, 2.24) is 0 Å². The molecule has 0 radical (unpaired) electrons. The number of benzene rings is 3. The summed E-state index contributed by atoms with van der Waals surface area (Å²) in [4.78, 5) is 34.6. The maximum Gasteiger partial charge on any atom is 0.467 e. The highest BCUT2D eigenvalue weighted by Crippen LogP contribution is 2.22. The molecule has 15 heteroatoms. The highest BCUT2D eigenvalue weighted by atomic mass is 16.7. The quantitative estimate of drug-likeness (QED) is 0.323. The molecule has 0 aliphatic carbocycles. The highest BCUT2D eigenvalue weighted by molar-refractivity contribution is 6.87. The summed E-state index contributed by atoms with van der Waals surface area (Å²) in [5.74, 6) is -3.32. The van der Waals surface area contributed by atoms with Crippen LogP contribution in [-0.4, -0.2) is 75.9 Å². The van der Waals surface area contributed by atoms with E-state index in [1.807, 2.05) is 0 Å². The monoisotopic (exact) mass is 534 g/mol. The minimum atomic E-state index is -1.18. The standard InChI is InChI=1S/C24H21B3O12/c1-34-19-10-13(4-7-16(19)22(28)29)25-37-26(14-5-8-17(23(30)31)20(11-14)35-2)39-27(38-25)15-6-9-18(24(32)33)21(12-15)36-3/h4-12H,1-3H3,(H,28,29)(H,30,31)(H,32,33). The lowest BCUT2D eigenvalue weighted by atomic mass is 9.61. The van der Waals surface area contributed by atoms with E-state index < -0.39 is 39.3 Å². The van der Waals surface area contributed by atoms with E-state index in [4.69, 9.17) is 27.9 Å². The molecule has 4 rings (SSSR count). The fourth-order valence-corrected chi connectivity index (χ4v) is 4.00. The summed E-state index contributed by atoms with van der Waals surface area (Å²) < 4.78 is 33.8. The van der Waals surface area contributed by atoms with Gasteiger partial charge in [-0.3, -0.25) is 0 Å². The zero-order valence-electron chi connectivity index (χ0n) is 20.9. The van der Waals surface area contributed by atoms with Crippen molar-refractivity contribution in [2.75, 3.05) is 21.3 Å². The average Bonchev–Trinajstić information content (AvgIpc) is 2.95. The van der Waals surface area contributed by atoms with Crippen LogP contribution in [0.25, 0.3) is 0 Å². The molecule has 0 saturated carbocycles. The molecule has 1 saturated heterocycles. The van der Waals surface area contributed by atoms with E-state index in [1.54, 1.807) is 0 Å². The number of rotatable bonds is 9. The van der Waals surface area contributed by atoms with Crippen molar-refractivity contribution >= 4 is 55.7 Å². The molecular formula is C24H21B3O12. The van der Waals surface area contributed by atoms with Crippen LogP contribution in [0.3, 0.4) is 0 Å². The van der Waals surface area contributed by atoms with E-state index in [0.29, 0.717) is 16.4 Å². The van der Waals surface area contributed by atoms with Crippen LogP contribution in [0.5, 0.6) is 17.2 Å². The van der Waals surface area contributed by atoms with Crippen LogP contribution < -0.4 is 30.6 Å². The molecule has 3 aromatic carbocycles. The summed E-state index contributed by atoms with van der Waals surface area (Å²) in [7, 11) is 0.655. The van der Waals surface area contributed by atoms with Gasteiger partial charge in [0.1, 0.15) is 33.9 Å². The lowest BCUT2D eigenvalue weighted by Crippen LogP contribution is -2.61. The second kappa shape index (κ2) is 11.5. The molecule has 1 aliphatic rings. The molecule has 0 atom stereocenters. The Kier molecular flexibility index (Phi) is 8.14. The molecule has 12 nitrogen and oxygen atoms in total. The number of ether oxygens (including phenoxy) is 3. The molecule has 1 fully saturated rings. The van der Waals surface area contributed by atoms with Crippen molar-refractivity contribution in [1.29, 1.82) is 0 Å². The van der Waals surface area contributed by atoms with Gasteiger partial charge in [-0.1, -0.05) is 18.2 Å². The molecule has 0 spiro atoms. The van der Waals surface area contributed by atoms with Crippen LogP contribution in [-0.2, 0) is 13.7 Å². The maximum atomic E-state index is 11.5. The van der Waals surface area contributed by atoms with Gasteiger partial charge in [0.05, 0.1) is 21.3 Å². The van der Waals surface area contributed by atoms with Gasteiger partial charge in [0.25, 0.3) is 0 Å². The van der Waals surface area contributed by atoms with Gasteiger partial charge in [-0.15, -0.1) is 0 Å². The Balaban J connectivity index is 1.77. The van der Waals surface area contributed by atoms with Gasteiger partial charge in [0.2, 0.25) is 0 Å². The number of hydrogen-bond acceptors (Lipinski definition) is 9. The van der Waals surface area contributed by atoms with Crippen LogP contribution in [0.1, 0.15) is 31.1 Å². The first-order valence-electron chi connectivity index (χ1n) is 11.4. The maximum absolute atomic E-state index is 11.5. The van der Waals surface area contributed by atoms with E-state index in [9.17, 15) is 29.7 Å². The summed E-state index contributed by atoms with van der Waals surface area (Å²) in [6.07, 6.45) is 0. The molecule has 3 aromatic rings. The number of methoxy groups -OCH3 is 3. The molecule has 0 unspecified atom stereocenters. The second-order valence-electron chi connectivity index (χ2n) is 8.20. The van der Waals surface area contributed by atoms with E-state index in [0.717, 1.165) is 0 Å². The van der Waals surface area contributed by atoms with Gasteiger partial charge in [-0.05, 0) is 52.8 Å². The van der Waals surface area contributed by atoms with Gasteiger partial charge in [0, 0.05) is 0 Å². The van der Waals surface area contributed by atoms with Crippen molar-refractivity contribution < 1.29 is 57.6 Å². The Bertz CT molecular complexity index is 1250. The van der Waals surface area contributed by atoms with Gasteiger partial charge >= 0.3 is 39.3 Å². The van der Waals surface area contributed by atoms with E-state index in [1.165, 1.54) is 75.9 Å². The topological polar surface area (TPSA) is 167 Å². The van der Waals surface area contributed by atoms with Gasteiger partial charge in [0.15, 0.2) is 0 Å². The van der Waals surface area contributed by atoms with E-state index in [-0.39, 0.29) is 33.9 Å². The Morgan fingerprint density at radius 1 is 0.538 bits per heavy atom. The summed E-state index contributed by atoms with van der Waals surface area (Å²) in [6, 6.07) is 12.9. The Labute approximate surface area is 223 Å². The average molecular weight is 534 g/mol. The highest BCUT2D eigenvalue weighted by Gasteiger charge is 2.44. The number of carboxylic acid groups (broad SMARTS) is 3. The first-order valence-corrected chi connectivity index (χ1v) is 11.4. The minimum absolute atomic E-state index is 0.0654. The van der Waals surface area contributed by atoms with Crippen LogP contribution >= 0.6 is 0 Å². The van der Waals surface area contributed by atoms with Crippen LogP contribution in [0.2, 0.25) is 0 Å². The molecule has 198 valence electrons. The lowest BCUT2D eigenvalue weighted by molar-refractivity contribution is 0.0682. The van der Waals surface area contributed by atoms with Gasteiger partial charge < -0.3 is 43.2 Å². The largest absolute Gasteiger partial charge is 0.496 e. The molecule has 39 heavy (non-hydrogen) atoms. The van der Waals surface area contributed by atoms with E-state index in [2.05, 4.69) is 0 Å². The molecule has 1 aliphatic heterocycles. The molecule has 0 amide bonds. The Morgan fingerprint density at radius 3 is 1.00 bits per heavy atom. The summed E-state index contributed by atoms with van der Waals surface area (Å²) in [5.41, 5.74) is 1.01. The smallest absolute Gasteiger partial charge is 0.467 e. The molecule has 3 N–H and O–H groups in total. The Morgan fingerprint density at radius 2 is 0.795 bits per heavy atom. The minimum Gasteiger partial charge on any atom is -0.496 e. The van der Waals surface area contributed by atoms with E-state index >= 15 is 0 Å². The normalized spacial score (nSPS) is 13.2. The Hall–Kier alpha value is -4.46. The first-order chi connectivity index (χ1) is 18.7. The van der Waals surface area contributed by atoms with Gasteiger partial charge in [-0.25, -0.2) is 14.4 Å². The summed E-state index contributed by atoms with van der Waals surface area (Å²) in [6.45, 7) is 0. The zero-order chi connectivity index (χ0) is 28.3. The van der Waals surface area contributed by atoms with Crippen molar-refractivity contribution in [3.8, 4) is 17.2 Å². The summed E-state index contributed by atoms with van der Waals surface area (Å²) >= 11 is 0. The van der Waals surface area contributed by atoms with Crippen molar-refractivity contribution in [2.24, 2.45) is 0 Å². The van der Waals surface area contributed by atoms with Crippen LogP contribution in [0.15, 0.2) is 54.6 Å². The van der Waals surface area contributed by atoms with Crippen LogP contribution in [0, 0.1) is 0 Å². The first kappa shape index (κ1) is 27.6. The molecule has 1 heterocycles. The number of aromatic carboxylic acids is 3. The zero-order valence-corrected chi connectivity index (χ0v) is 20.9. The predicted octanol–water partition coefficient (Wildman–Crippen LogP) is 0.356. The molecule has 0 aromatic heterocycles.